The number of anilines is 1. The topological polar surface area (TPSA) is 95.6 Å². The SMILES string of the molecule is CC(CCO)CNc1nc(C(=O)O)co1. The fourth-order valence-electron chi connectivity index (χ4n) is 1.04. The van der Waals surface area contributed by atoms with E-state index >= 15 is 0 Å². The number of nitrogens with zero attached hydrogens (tertiary/aromatic N) is 1. The lowest BCUT2D eigenvalue weighted by Crippen LogP contribution is -2.12. The molecule has 84 valence electrons. The lowest BCUT2D eigenvalue weighted by molar-refractivity contribution is 0.0690. The van der Waals surface area contributed by atoms with Crippen molar-refractivity contribution in [3.05, 3.63) is 12.0 Å². The molecule has 1 rings (SSSR count). The molecule has 0 saturated heterocycles. The summed E-state index contributed by atoms with van der Waals surface area (Å²) in [4.78, 5) is 14.2. The summed E-state index contributed by atoms with van der Waals surface area (Å²) in [6, 6.07) is 0.192. The Morgan fingerprint density at radius 2 is 2.47 bits per heavy atom. The lowest BCUT2D eigenvalue weighted by Gasteiger charge is -2.08. The number of aliphatic hydroxyl groups excluding tert-OH is 1. The second-order valence-corrected chi connectivity index (χ2v) is 3.34. The van der Waals surface area contributed by atoms with Crippen molar-refractivity contribution in [2.75, 3.05) is 18.5 Å². The maximum Gasteiger partial charge on any atom is 0.357 e. The molecule has 1 atom stereocenters. The molecule has 1 heterocycles. The van der Waals surface area contributed by atoms with Gasteiger partial charge in [-0.3, -0.25) is 0 Å². The maximum absolute atomic E-state index is 10.5. The summed E-state index contributed by atoms with van der Waals surface area (Å²) >= 11 is 0. The molecule has 0 aliphatic rings. The minimum Gasteiger partial charge on any atom is -0.476 e. The van der Waals surface area contributed by atoms with Crippen molar-refractivity contribution in [3.63, 3.8) is 0 Å². The van der Waals surface area contributed by atoms with Gasteiger partial charge in [0.15, 0.2) is 5.69 Å². The molecule has 0 aliphatic carbocycles. The Hall–Kier alpha value is -1.56. The Bertz CT molecular complexity index is 324. The average Bonchev–Trinajstić information content (AvgIpc) is 2.63. The van der Waals surface area contributed by atoms with Crippen LogP contribution in [0, 0.1) is 5.92 Å². The molecule has 1 aromatic heterocycles. The normalized spacial score (nSPS) is 12.4. The van der Waals surface area contributed by atoms with Crippen molar-refractivity contribution in [2.45, 2.75) is 13.3 Å². The van der Waals surface area contributed by atoms with E-state index < -0.39 is 5.97 Å². The Morgan fingerprint density at radius 3 is 3.00 bits per heavy atom. The molecule has 0 bridgehead atoms. The highest BCUT2D eigenvalue weighted by Crippen LogP contribution is 2.09. The largest absolute Gasteiger partial charge is 0.476 e. The second-order valence-electron chi connectivity index (χ2n) is 3.34. The van der Waals surface area contributed by atoms with Gasteiger partial charge in [0.1, 0.15) is 6.26 Å². The highest BCUT2D eigenvalue weighted by atomic mass is 16.4. The molecular formula is C9H14N2O4. The number of hydrogen-bond acceptors (Lipinski definition) is 5. The molecule has 3 N–H and O–H groups in total. The summed E-state index contributed by atoms with van der Waals surface area (Å²) in [7, 11) is 0. The summed E-state index contributed by atoms with van der Waals surface area (Å²) in [5.74, 6) is -0.842. The highest BCUT2D eigenvalue weighted by Gasteiger charge is 2.10. The second kappa shape index (κ2) is 5.35. The number of carboxylic acid groups (broad SMARTS) is 1. The third kappa shape index (κ3) is 3.59. The molecule has 0 radical (unpaired) electrons. The molecular weight excluding hydrogens is 200 g/mol. The van der Waals surface area contributed by atoms with Gasteiger partial charge in [-0.1, -0.05) is 6.92 Å². The van der Waals surface area contributed by atoms with Gasteiger partial charge in [-0.2, -0.15) is 4.98 Å². The average molecular weight is 214 g/mol. The predicted octanol–water partition coefficient (Wildman–Crippen LogP) is 0.803. The van der Waals surface area contributed by atoms with E-state index in [1.165, 1.54) is 0 Å². The zero-order valence-corrected chi connectivity index (χ0v) is 8.43. The first-order valence-corrected chi connectivity index (χ1v) is 4.67. The molecule has 0 aromatic carbocycles. The zero-order valence-electron chi connectivity index (χ0n) is 8.43. The first-order chi connectivity index (χ1) is 7.13. The van der Waals surface area contributed by atoms with Gasteiger partial charge in [0.25, 0.3) is 6.01 Å². The Balaban J connectivity index is 2.40. The van der Waals surface area contributed by atoms with Gasteiger partial charge in [0.05, 0.1) is 0 Å². The van der Waals surface area contributed by atoms with Crippen LogP contribution < -0.4 is 5.32 Å². The summed E-state index contributed by atoms with van der Waals surface area (Å²) in [6.07, 6.45) is 1.76. The number of oxazole rings is 1. The molecule has 1 aromatic rings. The van der Waals surface area contributed by atoms with Crippen LogP contribution in [0.25, 0.3) is 0 Å². The molecule has 0 aliphatic heterocycles. The van der Waals surface area contributed by atoms with Gasteiger partial charge in [0.2, 0.25) is 0 Å². The van der Waals surface area contributed by atoms with Gasteiger partial charge in [-0.15, -0.1) is 0 Å². The smallest absolute Gasteiger partial charge is 0.357 e. The van der Waals surface area contributed by atoms with Crippen molar-refractivity contribution in [3.8, 4) is 0 Å². The third-order valence-electron chi connectivity index (χ3n) is 1.95. The number of aromatic carboxylic acids is 1. The first kappa shape index (κ1) is 11.5. The fraction of sp³-hybridized carbons (Fsp3) is 0.556. The summed E-state index contributed by atoms with van der Waals surface area (Å²) in [5.41, 5.74) is -0.118. The highest BCUT2D eigenvalue weighted by molar-refractivity contribution is 5.85. The number of hydrogen-bond donors (Lipinski definition) is 3. The van der Waals surface area contributed by atoms with E-state index in [1.807, 2.05) is 6.92 Å². The zero-order chi connectivity index (χ0) is 11.3. The third-order valence-corrected chi connectivity index (χ3v) is 1.95. The van der Waals surface area contributed by atoms with Crippen LogP contribution in [0.3, 0.4) is 0 Å². The Labute approximate surface area is 86.9 Å². The Kier molecular flexibility index (Phi) is 4.11. The van der Waals surface area contributed by atoms with Crippen molar-refractivity contribution in [1.29, 1.82) is 0 Å². The van der Waals surface area contributed by atoms with E-state index in [1.54, 1.807) is 0 Å². The van der Waals surface area contributed by atoms with E-state index in [2.05, 4.69) is 10.3 Å². The molecule has 1 unspecified atom stereocenters. The quantitative estimate of drug-likeness (QED) is 0.648. The van der Waals surface area contributed by atoms with Crippen molar-refractivity contribution in [2.24, 2.45) is 5.92 Å². The summed E-state index contributed by atoms with van der Waals surface area (Å²) in [6.45, 7) is 2.68. The minimum atomic E-state index is -1.12. The summed E-state index contributed by atoms with van der Waals surface area (Å²) in [5, 5.41) is 20.1. The van der Waals surface area contributed by atoms with E-state index in [-0.39, 0.29) is 24.2 Å². The van der Waals surface area contributed by atoms with E-state index in [0.717, 1.165) is 6.26 Å². The van der Waals surface area contributed by atoms with E-state index in [4.69, 9.17) is 14.6 Å². The molecule has 0 spiro atoms. The van der Waals surface area contributed by atoms with E-state index in [9.17, 15) is 4.79 Å². The van der Waals surface area contributed by atoms with Crippen LogP contribution in [0.2, 0.25) is 0 Å². The molecule has 15 heavy (non-hydrogen) atoms. The van der Waals surface area contributed by atoms with Crippen LogP contribution in [0.4, 0.5) is 6.01 Å². The van der Waals surface area contributed by atoms with Crippen molar-refractivity contribution in [1.82, 2.24) is 4.98 Å². The van der Waals surface area contributed by atoms with Gasteiger partial charge in [-0.25, -0.2) is 4.79 Å². The van der Waals surface area contributed by atoms with Crippen LogP contribution in [-0.2, 0) is 0 Å². The number of aliphatic hydroxyl groups is 1. The number of carboxylic acids is 1. The van der Waals surface area contributed by atoms with E-state index in [0.29, 0.717) is 13.0 Å². The van der Waals surface area contributed by atoms with Crippen molar-refractivity contribution < 1.29 is 19.4 Å². The monoisotopic (exact) mass is 214 g/mol. The van der Waals surface area contributed by atoms with Gasteiger partial charge in [0, 0.05) is 13.2 Å². The maximum atomic E-state index is 10.5. The van der Waals surface area contributed by atoms with Crippen LogP contribution in [0.5, 0.6) is 0 Å². The van der Waals surface area contributed by atoms with Crippen molar-refractivity contribution >= 4 is 12.0 Å². The van der Waals surface area contributed by atoms with Gasteiger partial charge >= 0.3 is 5.97 Å². The number of rotatable bonds is 6. The number of carbonyl (C=O) groups is 1. The molecule has 6 heteroatoms. The molecule has 6 nitrogen and oxygen atoms in total. The molecule has 0 saturated carbocycles. The minimum absolute atomic E-state index is 0.118. The van der Waals surface area contributed by atoms with Crippen LogP contribution in [0.1, 0.15) is 23.8 Å². The fourth-order valence-corrected chi connectivity index (χ4v) is 1.04. The summed E-state index contributed by atoms with van der Waals surface area (Å²) < 4.78 is 4.89. The Morgan fingerprint density at radius 1 is 1.73 bits per heavy atom. The van der Waals surface area contributed by atoms with Crippen LogP contribution in [-0.4, -0.2) is 34.3 Å². The van der Waals surface area contributed by atoms with Gasteiger partial charge < -0.3 is 19.9 Å². The predicted molar refractivity (Wildman–Crippen MR) is 52.8 cm³/mol. The lowest BCUT2D eigenvalue weighted by atomic mass is 10.1. The molecule has 0 amide bonds. The number of aromatic nitrogens is 1. The van der Waals surface area contributed by atoms with Crippen LogP contribution in [0.15, 0.2) is 10.7 Å². The van der Waals surface area contributed by atoms with Gasteiger partial charge in [-0.05, 0) is 12.3 Å². The number of nitrogens with one attached hydrogen (secondary N) is 1. The molecule has 0 fully saturated rings. The first-order valence-electron chi connectivity index (χ1n) is 4.67. The standard InChI is InChI=1S/C9H14N2O4/c1-6(2-3-12)4-10-9-11-7(5-15-9)8(13)14/h5-6,12H,2-4H2,1H3,(H,10,11)(H,13,14). The van der Waals surface area contributed by atoms with Crippen LogP contribution >= 0.6 is 0 Å².